The van der Waals surface area contributed by atoms with Gasteiger partial charge >= 0.3 is 0 Å². The average Bonchev–Trinajstić information content (AvgIpc) is 3.35. The zero-order chi connectivity index (χ0) is 18.2. The van der Waals surface area contributed by atoms with Crippen molar-refractivity contribution in [3.05, 3.63) is 48.6 Å². The van der Waals surface area contributed by atoms with Gasteiger partial charge in [-0.25, -0.2) is 9.97 Å². The molecule has 27 heavy (non-hydrogen) atoms. The average molecular weight is 359 g/mol. The highest BCUT2D eigenvalue weighted by Gasteiger charge is 2.15. The van der Waals surface area contributed by atoms with Crippen molar-refractivity contribution >= 4 is 45.4 Å². The largest absolute Gasteiger partial charge is 0.341 e. The van der Waals surface area contributed by atoms with E-state index in [2.05, 4.69) is 42.6 Å². The molecule has 0 spiro atoms. The summed E-state index contributed by atoms with van der Waals surface area (Å²) in [5.41, 5.74) is 4.92. The van der Waals surface area contributed by atoms with Crippen molar-refractivity contribution in [1.29, 1.82) is 0 Å². The van der Waals surface area contributed by atoms with Gasteiger partial charge in [-0.3, -0.25) is 9.89 Å². The lowest BCUT2D eigenvalue weighted by Gasteiger charge is -2.21. The van der Waals surface area contributed by atoms with Gasteiger partial charge in [-0.1, -0.05) is 6.08 Å². The molecular weight excluding hydrogens is 342 g/mol. The van der Waals surface area contributed by atoms with Gasteiger partial charge in [-0.2, -0.15) is 5.10 Å². The molecule has 4 aromatic rings. The third kappa shape index (κ3) is 2.80. The highest BCUT2D eigenvalue weighted by molar-refractivity contribution is 5.93. The molecular formula is C19H17N7O. The van der Waals surface area contributed by atoms with Crippen LogP contribution < -0.4 is 5.32 Å². The van der Waals surface area contributed by atoms with E-state index >= 15 is 0 Å². The molecule has 8 nitrogen and oxygen atoms in total. The maximum Gasteiger partial charge on any atom is 0.209 e. The molecule has 1 aliphatic heterocycles. The number of fused-ring (bicyclic) bond motifs is 2. The first-order valence-electron chi connectivity index (χ1n) is 8.73. The molecule has 0 bridgehead atoms. The van der Waals surface area contributed by atoms with Crippen LogP contribution >= 0.6 is 0 Å². The Bertz CT molecular complexity index is 1170. The predicted octanol–water partition coefficient (Wildman–Crippen LogP) is 2.82. The van der Waals surface area contributed by atoms with E-state index in [0.717, 1.165) is 58.5 Å². The first kappa shape index (κ1) is 15.6. The van der Waals surface area contributed by atoms with Crippen LogP contribution in [0.5, 0.6) is 0 Å². The SMILES string of the molecule is O=CN1CC=C(c2cc3c(Nc4ccc5[nH]ncc5c4)ncnc3[nH]2)CC1. The number of rotatable bonds is 4. The Morgan fingerprint density at radius 3 is 3.04 bits per heavy atom. The van der Waals surface area contributed by atoms with Crippen molar-refractivity contribution in [1.82, 2.24) is 30.0 Å². The van der Waals surface area contributed by atoms with Crippen LogP contribution in [0.4, 0.5) is 11.5 Å². The Labute approximate surface area is 154 Å². The Morgan fingerprint density at radius 1 is 1.22 bits per heavy atom. The fraction of sp³-hybridized carbons (Fsp3) is 0.158. The molecule has 0 aliphatic carbocycles. The first-order valence-corrected chi connectivity index (χ1v) is 8.73. The van der Waals surface area contributed by atoms with Gasteiger partial charge in [0.2, 0.25) is 6.41 Å². The number of carbonyl (C=O) groups excluding carboxylic acids is 1. The molecule has 1 aliphatic rings. The van der Waals surface area contributed by atoms with Crippen molar-refractivity contribution in [2.75, 3.05) is 18.4 Å². The van der Waals surface area contributed by atoms with Crippen LogP contribution in [0.25, 0.3) is 27.5 Å². The highest BCUT2D eigenvalue weighted by atomic mass is 16.1. The van der Waals surface area contributed by atoms with Crippen molar-refractivity contribution < 1.29 is 4.79 Å². The molecule has 3 aromatic heterocycles. The molecule has 0 atom stereocenters. The van der Waals surface area contributed by atoms with Crippen LogP contribution in [0.2, 0.25) is 0 Å². The quantitative estimate of drug-likeness (QED) is 0.486. The lowest BCUT2D eigenvalue weighted by molar-refractivity contribution is -0.117. The van der Waals surface area contributed by atoms with Gasteiger partial charge in [0.05, 0.1) is 17.1 Å². The van der Waals surface area contributed by atoms with E-state index in [-0.39, 0.29) is 0 Å². The van der Waals surface area contributed by atoms with Crippen LogP contribution in [-0.2, 0) is 4.79 Å². The minimum absolute atomic E-state index is 0.635. The number of hydrogen-bond donors (Lipinski definition) is 3. The molecule has 0 saturated carbocycles. The van der Waals surface area contributed by atoms with Gasteiger partial charge in [-0.15, -0.1) is 0 Å². The van der Waals surface area contributed by atoms with E-state index < -0.39 is 0 Å². The molecule has 3 N–H and O–H groups in total. The molecule has 0 unspecified atom stereocenters. The Hall–Kier alpha value is -3.68. The van der Waals surface area contributed by atoms with E-state index in [4.69, 9.17) is 0 Å². The summed E-state index contributed by atoms with van der Waals surface area (Å²) < 4.78 is 0. The third-order valence-corrected chi connectivity index (χ3v) is 4.86. The van der Waals surface area contributed by atoms with Crippen LogP contribution in [0, 0.1) is 0 Å². The Balaban J connectivity index is 1.49. The number of nitrogens with zero attached hydrogens (tertiary/aromatic N) is 4. The van der Waals surface area contributed by atoms with Crippen molar-refractivity contribution in [3.63, 3.8) is 0 Å². The van der Waals surface area contributed by atoms with Crippen LogP contribution in [0.3, 0.4) is 0 Å². The summed E-state index contributed by atoms with van der Waals surface area (Å²) >= 11 is 0. The van der Waals surface area contributed by atoms with E-state index in [1.807, 2.05) is 18.2 Å². The minimum Gasteiger partial charge on any atom is -0.341 e. The molecule has 0 radical (unpaired) electrons. The number of benzene rings is 1. The van der Waals surface area contributed by atoms with Gasteiger partial charge in [0.1, 0.15) is 17.8 Å². The summed E-state index contributed by atoms with van der Waals surface area (Å²) in [4.78, 5) is 24.8. The lowest BCUT2D eigenvalue weighted by Crippen LogP contribution is -2.26. The summed E-state index contributed by atoms with van der Waals surface area (Å²) in [6, 6.07) is 8.06. The molecule has 1 aromatic carbocycles. The normalized spacial score (nSPS) is 14.5. The molecule has 134 valence electrons. The van der Waals surface area contributed by atoms with E-state index in [1.165, 1.54) is 5.57 Å². The van der Waals surface area contributed by atoms with Gasteiger partial charge in [-0.05, 0) is 36.3 Å². The van der Waals surface area contributed by atoms with E-state index in [0.29, 0.717) is 6.54 Å². The maximum absolute atomic E-state index is 10.9. The monoisotopic (exact) mass is 359 g/mol. The first-order chi connectivity index (χ1) is 13.3. The maximum atomic E-state index is 10.9. The Morgan fingerprint density at radius 2 is 2.19 bits per heavy atom. The molecule has 4 heterocycles. The molecule has 8 heteroatoms. The van der Waals surface area contributed by atoms with Crippen molar-refractivity contribution in [2.24, 2.45) is 0 Å². The molecule has 0 saturated heterocycles. The smallest absolute Gasteiger partial charge is 0.209 e. The van der Waals surface area contributed by atoms with Gasteiger partial charge in [0.25, 0.3) is 0 Å². The summed E-state index contributed by atoms with van der Waals surface area (Å²) in [5, 5.41) is 12.3. The zero-order valence-electron chi connectivity index (χ0n) is 14.4. The van der Waals surface area contributed by atoms with Crippen LogP contribution in [0.1, 0.15) is 12.1 Å². The van der Waals surface area contributed by atoms with Crippen LogP contribution in [-0.4, -0.2) is 49.5 Å². The Kier molecular flexibility index (Phi) is 3.60. The third-order valence-electron chi connectivity index (χ3n) is 4.86. The van der Waals surface area contributed by atoms with Crippen molar-refractivity contribution in [3.8, 4) is 0 Å². The van der Waals surface area contributed by atoms with E-state index in [9.17, 15) is 4.79 Å². The fourth-order valence-corrected chi connectivity index (χ4v) is 3.39. The van der Waals surface area contributed by atoms with Gasteiger partial charge < -0.3 is 15.2 Å². The van der Waals surface area contributed by atoms with Gasteiger partial charge in [0.15, 0.2) is 0 Å². The standard InChI is InChI=1S/C19H17N7O/c27-11-26-5-3-12(4-6-26)17-8-15-18(20-10-21-19(15)24-17)23-14-1-2-16-13(7-14)9-22-25-16/h1-3,7-11H,4-6H2,(H,22,25)(H2,20,21,23,24). The summed E-state index contributed by atoms with van der Waals surface area (Å²) in [6.07, 6.45) is 7.13. The highest BCUT2D eigenvalue weighted by Crippen LogP contribution is 2.29. The number of anilines is 2. The molecule has 1 amide bonds. The summed E-state index contributed by atoms with van der Waals surface area (Å²) in [7, 11) is 0. The summed E-state index contributed by atoms with van der Waals surface area (Å²) in [5.74, 6) is 0.747. The predicted molar refractivity (Wildman–Crippen MR) is 103 cm³/mol. The number of carbonyl (C=O) groups is 1. The topological polar surface area (TPSA) is 103 Å². The number of nitrogens with one attached hydrogen (secondary N) is 3. The molecule has 5 rings (SSSR count). The van der Waals surface area contributed by atoms with Crippen molar-refractivity contribution in [2.45, 2.75) is 6.42 Å². The molecule has 0 fully saturated rings. The number of aromatic nitrogens is 5. The van der Waals surface area contributed by atoms with Crippen LogP contribution in [0.15, 0.2) is 42.9 Å². The van der Waals surface area contributed by atoms with Gasteiger partial charge in [0, 0.05) is 29.9 Å². The second-order valence-electron chi connectivity index (χ2n) is 6.54. The summed E-state index contributed by atoms with van der Waals surface area (Å²) in [6.45, 7) is 1.36. The number of amides is 1. The zero-order valence-corrected chi connectivity index (χ0v) is 14.4. The number of aromatic amines is 2. The number of hydrogen-bond acceptors (Lipinski definition) is 5. The minimum atomic E-state index is 0.635. The fourth-order valence-electron chi connectivity index (χ4n) is 3.39. The second-order valence-corrected chi connectivity index (χ2v) is 6.54. The lowest BCUT2D eigenvalue weighted by atomic mass is 10.1. The number of H-pyrrole nitrogens is 2. The second kappa shape index (κ2) is 6.24. The van der Waals surface area contributed by atoms with E-state index in [1.54, 1.807) is 17.4 Å².